The Morgan fingerprint density at radius 1 is 1.33 bits per heavy atom. The number of hydrogen-bond donors (Lipinski definition) is 0. The van der Waals surface area contributed by atoms with Gasteiger partial charge in [0.15, 0.2) is 0 Å². The monoisotopic (exact) mass is 244 g/mol. The lowest BCUT2D eigenvalue weighted by atomic mass is 10.0. The number of ether oxygens (including phenoxy) is 1. The molecule has 2 aromatic rings. The second-order valence-electron chi connectivity index (χ2n) is 3.84. The van der Waals surface area contributed by atoms with Crippen LogP contribution in [0.1, 0.15) is 26.3 Å². The van der Waals surface area contributed by atoms with Crippen molar-refractivity contribution in [3.05, 3.63) is 47.2 Å². The van der Waals surface area contributed by atoms with E-state index < -0.39 is 5.97 Å². The summed E-state index contributed by atoms with van der Waals surface area (Å²) in [5, 5.41) is 0. The van der Waals surface area contributed by atoms with Crippen molar-refractivity contribution in [3.63, 3.8) is 0 Å². The maximum atomic E-state index is 11.5. The van der Waals surface area contributed by atoms with Gasteiger partial charge in [-0.25, -0.2) is 4.79 Å². The summed E-state index contributed by atoms with van der Waals surface area (Å²) in [6, 6.07) is 6.84. The van der Waals surface area contributed by atoms with Crippen molar-refractivity contribution >= 4 is 12.3 Å². The Morgan fingerprint density at radius 3 is 2.78 bits per heavy atom. The molecule has 4 nitrogen and oxygen atoms in total. The Kier molecular flexibility index (Phi) is 3.28. The van der Waals surface area contributed by atoms with E-state index in [0.717, 1.165) is 11.8 Å². The normalized spacial score (nSPS) is 10.1. The largest absolute Gasteiger partial charge is 0.465 e. The van der Waals surface area contributed by atoms with Gasteiger partial charge in [0.25, 0.3) is 0 Å². The van der Waals surface area contributed by atoms with Crippen LogP contribution < -0.4 is 0 Å². The van der Waals surface area contributed by atoms with E-state index >= 15 is 0 Å². The molecule has 2 rings (SSSR count). The van der Waals surface area contributed by atoms with Crippen molar-refractivity contribution in [2.75, 3.05) is 7.11 Å². The molecule has 0 N–H and O–H groups in total. The lowest BCUT2D eigenvalue weighted by molar-refractivity contribution is 0.0601. The van der Waals surface area contributed by atoms with Gasteiger partial charge in [-0.3, -0.25) is 4.79 Å². The van der Waals surface area contributed by atoms with Crippen molar-refractivity contribution in [2.24, 2.45) is 0 Å². The first kappa shape index (κ1) is 12.1. The molecule has 1 aromatic carbocycles. The summed E-state index contributed by atoms with van der Waals surface area (Å²) in [4.78, 5) is 22.4. The first-order valence-electron chi connectivity index (χ1n) is 5.39. The number of methoxy groups -OCH3 is 1. The second-order valence-corrected chi connectivity index (χ2v) is 3.84. The molecule has 92 valence electrons. The van der Waals surface area contributed by atoms with Crippen LogP contribution in [0, 0.1) is 6.92 Å². The van der Waals surface area contributed by atoms with Gasteiger partial charge in [-0.05, 0) is 24.6 Å². The fraction of sp³-hybridized carbons (Fsp3) is 0.143. The summed E-state index contributed by atoms with van der Waals surface area (Å²) in [5.74, 6) is -0.0584. The van der Waals surface area contributed by atoms with Gasteiger partial charge in [0.1, 0.15) is 17.6 Å². The molecule has 0 aliphatic rings. The van der Waals surface area contributed by atoms with Crippen LogP contribution in [0.15, 0.2) is 34.9 Å². The SMILES string of the molecule is COC(=O)c1ccoc1-c1ccc(C)c(C=O)c1. The van der Waals surface area contributed by atoms with Crippen LogP contribution in [0.25, 0.3) is 11.3 Å². The van der Waals surface area contributed by atoms with E-state index in [-0.39, 0.29) is 0 Å². The molecule has 0 atom stereocenters. The number of benzene rings is 1. The Labute approximate surface area is 104 Å². The maximum absolute atomic E-state index is 11.5. The maximum Gasteiger partial charge on any atom is 0.341 e. The van der Waals surface area contributed by atoms with Gasteiger partial charge in [0.2, 0.25) is 0 Å². The lowest BCUT2D eigenvalue weighted by Crippen LogP contribution is -2.01. The molecule has 0 bridgehead atoms. The number of rotatable bonds is 3. The molecule has 0 saturated carbocycles. The third-order valence-corrected chi connectivity index (χ3v) is 2.74. The molecule has 1 aromatic heterocycles. The van der Waals surface area contributed by atoms with E-state index in [1.807, 2.05) is 13.0 Å². The van der Waals surface area contributed by atoms with E-state index in [0.29, 0.717) is 22.5 Å². The average Bonchev–Trinajstić information content (AvgIpc) is 2.87. The molecule has 0 spiro atoms. The van der Waals surface area contributed by atoms with Gasteiger partial charge in [-0.1, -0.05) is 12.1 Å². The predicted molar refractivity (Wildman–Crippen MR) is 65.6 cm³/mol. The lowest BCUT2D eigenvalue weighted by Gasteiger charge is -2.04. The molecule has 0 aliphatic heterocycles. The molecule has 0 amide bonds. The summed E-state index contributed by atoms with van der Waals surface area (Å²) in [5.41, 5.74) is 2.46. The van der Waals surface area contributed by atoms with E-state index in [4.69, 9.17) is 4.42 Å². The van der Waals surface area contributed by atoms with Crippen LogP contribution >= 0.6 is 0 Å². The van der Waals surface area contributed by atoms with Crippen LogP contribution in [-0.2, 0) is 4.74 Å². The van der Waals surface area contributed by atoms with E-state index in [9.17, 15) is 9.59 Å². The number of esters is 1. The zero-order chi connectivity index (χ0) is 13.1. The van der Waals surface area contributed by atoms with E-state index in [1.165, 1.54) is 13.4 Å². The minimum atomic E-state index is -0.466. The molecule has 1 heterocycles. The molecule has 0 aliphatic carbocycles. The highest BCUT2D eigenvalue weighted by Gasteiger charge is 2.17. The minimum absolute atomic E-state index is 0.346. The molecular weight excluding hydrogens is 232 g/mol. The fourth-order valence-electron chi connectivity index (χ4n) is 1.71. The third kappa shape index (κ3) is 2.05. The van der Waals surface area contributed by atoms with Gasteiger partial charge in [-0.2, -0.15) is 0 Å². The molecule has 0 saturated heterocycles. The van der Waals surface area contributed by atoms with Gasteiger partial charge in [0, 0.05) is 11.1 Å². The summed E-state index contributed by atoms with van der Waals surface area (Å²) in [6.07, 6.45) is 2.20. The second kappa shape index (κ2) is 4.87. The van der Waals surface area contributed by atoms with Crippen LogP contribution in [0.2, 0.25) is 0 Å². The zero-order valence-electron chi connectivity index (χ0n) is 10.1. The fourth-order valence-corrected chi connectivity index (χ4v) is 1.71. The Balaban J connectivity index is 2.52. The Morgan fingerprint density at radius 2 is 2.11 bits per heavy atom. The Hall–Kier alpha value is -2.36. The summed E-state index contributed by atoms with van der Waals surface area (Å²) in [7, 11) is 1.31. The molecule has 0 fully saturated rings. The number of furan rings is 1. The summed E-state index contributed by atoms with van der Waals surface area (Å²) in [6.45, 7) is 1.84. The minimum Gasteiger partial charge on any atom is -0.465 e. The van der Waals surface area contributed by atoms with Crippen molar-refractivity contribution in [2.45, 2.75) is 6.92 Å². The van der Waals surface area contributed by atoms with Gasteiger partial charge in [0.05, 0.1) is 13.4 Å². The van der Waals surface area contributed by atoms with Crippen LogP contribution in [0.5, 0.6) is 0 Å². The van der Waals surface area contributed by atoms with Gasteiger partial charge >= 0.3 is 5.97 Å². The number of carbonyl (C=O) groups excluding carboxylic acids is 2. The van der Waals surface area contributed by atoms with Crippen LogP contribution in [0.3, 0.4) is 0 Å². The molecule has 4 heteroatoms. The van der Waals surface area contributed by atoms with Crippen molar-refractivity contribution in [1.82, 2.24) is 0 Å². The van der Waals surface area contributed by atoms with Crippen LogP contribution in [-0.4, -0.2) is 19.4 Å². The smallest absolute Gasteiger partial charge is 0.341 e. The Bertz CT molecular complexity index is 596. The van der Waals surface area contributed by atoms with Crippen molar-refractivity contribution in [1.29, 1.82) is 0 Å². The number of hydrogen-bond acceptors (Lipinski definition) is 4. The van der Waals surface area contributed by atoms with Gasteiger partial charge in [-0.15, -0.1) is 0 Å². The summed E-state index contributed by atoms with van der Waals surface area (Å²) < 4.78 is 9.96. The van der Waals surface area contributed by atoms with Gasteiger partial charge < -0.3 is 9.15 Å². The molecule has 18 heavy (non-hydrogen) atoms. The quantitative estimate of drug-likeness (QED) is 0.615. The topological polar surface area (TPSA) is 56.5 Å². The molecular formula is C14H12O4. The molecule has 0 radical (unpaired) electrons. The first-order chi connectivity index (χ1) is 8.67. The number of aldehydes is 1. The van der Waals surface area contributed by atoms with E-state index in [1.54, 1.807) is 18.2 Å². The number of carbonyl (C=O) groups is 2. The highest BCUT2D eigenvalue weighted by atomic mass is 16.5. The highest BCUT2D eigenvalue weighted by molar-refractivity contribution is 5.96. The standard InChI is InChI=1S/C14H12O4/c1-9-3-4-10(7-11(9)8-15)13-12(5-6-18-13)14(16)17-2/h3-8H,1-2H3. The third-order valence-electron chi connectivity index (χ3n) is 2.74. The predicted octanol–water partition coefficient (Wildman–Crippen LogP) is 2.85. The number of aryl methyl sites for hydroxylation is 1. The van der Waals surface area contributed by atoms with Crippen molar-refractivity contribution in [3.8, 4) is 11.3 Å². The summed E-state index contributed by atoms with van der Waals surface area (Å²) >= 11 is 0. The van der Waals surface area contributed by atoms with E-state index in [2.05, 4.69) is 4.74 Å². The highest BCUT2D eigenvalue weighted by Crippen LogP contribution is 2.27. The average molecular weight is 244 g/mol. The van der Waals surface area contributed by atoms with Crippen molar-refractivity contribution < 1.29 is 18.7 Å². The first-order valence-corrected chi connectivity index (χ1v) is 5.39. The van der Waals surface area contributed by atoms with Crippen LogP contribution in [0.4, 0.5) is 0 Å². The zero-order valence-corrected chi connectivity index (χ0v) is 10.1. The molecule has 0 unspecified atom stereocenters.